The van der Waals surface area contributed by atoms with Gasteiger partial charge < -0.3 is 10.5 Å². The summed E-state index contributed by atoms with van der Waals surface area (Å²) < 4.78 is 5.77. The molecule has 2 N–H and O–H groups in total. The van der Waals surface area contributed by atoms with Gasteiger partial charge in [-0.25, -0.2) is 0 Å². The molecular formula is C16H15N3O. The van der Waals surface area contributed by atoms with Crippen LogP contribution in [0.4, 0.5) is 0 Å². The van der Waals surface area contributed by atoms with Crippen LogP contribution < -0.4 is 10.5 Å². The molecule has 0 amide bonds. The Morgan fingerprint density at radius 3 is 2.70 bits per heavy atom. The average molecular weight is 265 g/mol. The molecule has 0 aliphatic carbocycles. The molecular weight excluding hydrogens is 250 g/mol. The van der Waals surface area contributed by atoms with Gasteiger partial charge in [0.1, 0.15) is 12.4 Å². The molecule has 4 heteroatoms. The van der Waals surface area contributed by atoms with Crippen molar-refractivity contribution in [1.82, 2.24) is 9.97 Å². The molecule has 0 atom stereocenters. The number of benzene rings is 1. The van der Waals surface area contributed by atoms with Gasteiger partial charge >= 0.3 is 0 Å². The van der Waals surface area contributed by atoms with Crippen molar-refractivity contribution >= 4 is 10.9 Å². The van der Waals surface area contributed by atoms with Crippen molar-refractivity contribution in [3.8, 4) is 5.75 Å². The van der Waals surface area contributed by atoms with E-state index < -0.39 is 0 Å². The fraction of sp³-hybridized carbons (Fsp3) is 0.125. The summed E-state index contributed by atoms with van der Waals surface area (Å²) in [5.41, 5.74) is 8.46. The highest BCUT2D eigenvalue weighted by Crippen LogP contribution is 2.18. The van der Waals surface area contributed by atoms with Crippen molar-refractivity contribution in [2.24, 2.45) is 5.73 Å². The summed E-state index contributed by atoms with van der Waals surface area (Å²) in [6.07, 6.45) is 3.50. The number of hydrogen-bond donors (Lipinski definition) is 1. The minimum absolute atomic E-state index is 0.440. The minimum Gasteiger partial charge on any atom is -0.487 e. The van der Waals surface area contributed by atoms with E-state index in [1.807, 2.05) is 36.4 Å². The molecule has 0 spiro atoms. The van der Waals surface area contributed by atoms with Gasteiger partial charge in [-0.3, -0.25) is 9.97 Å². The standard InChI is InChI=1S/C16H15N3O/c17-9-13-5-6-14(10-19-13)20-11-12-7-8-18-16-4-2-1-3-15(12)16/h1-8,10H,9,11,17H2. The molecule has 4 nitrogen and oxygen atoms in total. The van der Waals surface area contributed by atoms with Gasteiger partial charge in [0, 0.05) is 23.7 Å². The lowest BCUT2D eigenvalue weighted by atomic mass is 10.1. The number of rotatable bonds is 4. The topological polar surface area (TPSA) is 61.0 Å². The second kappa shape index (κ2) is 5.67. The molecule has 0 aliphatic rings. The molecule has 100 valence electrons. The zero-order chi connectivity index (χ0) is 13.8. The highest BCUT2D eigenvalue weighted by Gasteiger charge is 2.02. The van der Waals surface area contributed by atoms with Gasteiger partial charge in [0.15, 0.2) is 0 Å². The van der Waals surface area contributed by atoms with Crippen molar-refractivity contribution in [2.75, 3.05) is 0 Å². The van der Waals surface area contributed by atoms with E-state index in [1.54, 1.807) is 12.4 Å². The Bertz CT molecular complexity index is 705. The molecule has 0 unspecified atom stereocenters. The fourth-order valence-corrected chi connectivity index (χ4v) is 2.06. The van der Waals surface area contributed by atoms with E-state index in [2.05, 4.69) is 16.0 Å². The van der Waals surface area contributed by atoms with Crippen LogP contribution in [-0.2, 0) is 13.2 Å². The maximum absolute atomic E-state index is 5.77. The number of ether oxygens (including phenoxy) is 1. The van der Waals surface area contributed by atoms with Crippen LogP contribution in [0.2, 0.25) is 0 Å². The van der Waals surface area contributed by atoms with Crippen LogP contribution in [0.25, 0.3) is 10.9 Å². The van der Waals surface area contributed by atoms with Gasteiger partial charge in [0.25, 0.3) is 0 Å². The van der Waals surface area contributed by atoms with E-state index in [9.17, 15) is 0 Å². The Morgan fingerprint density at radius 1 is 1.00 bits per heavy atom. The molecule has 2 heterocycles. The van der Waals surface area contributed by atoms with Crippen LogP contribution in [-0.4, -0.2) is 9.97 Å². The number of nitrogens with zero attached hydrogens (tertiary/aromatic N) is 2. The predicted octanol–water partition coefficient (Wildman–Crippen LogP) is 2.67. The van der Waals surface area contributed by atoms with Crippen LogP contribution in [0.3, 0.4) is 0 Å². The predicted molar refractivity (Wildman–Crippen MR) is 78.2 cm³/mol. The minimum atomic E-state index is 0.440. The maximum Gasteiger partial charge on any atom is 0.138 e. The lowest BCUT2D eigenvalue weighted by Gasteiger charge is -2.08. The highest BCUT2D eigenvalue weighted by atomic mass is 16.5. The lowest BCUT2D eigenvalue weighted by molar-refractivity contribution is 0.306. The average Bonchev–Trinajstić information content (AvgIpc) is 2.53. The van der Waals surface area contributed by atoms with Gasteiger partial charge in [-0.15, -0.1) is 0 Å². The molecule has 0 aliphatic heterocycles. The summed E-state index contributed by atoms with van der Waals surface area (Å²) >= 11 is 0. The molecule has 0 saturated carbocycles. The summed E-state index contributed by atoms with van der Waals surface area (Å²) in [5, 5.41) is 1.11. The third kappa shape index (κ3) is 2.60. The van der Waals surface area contributed by atoms with Crippen LogP contribution >= 0.6 is 0 Å². The van der Waals surface area contributed by atoms with Gasteiger partial charge in [-0.05, 0) is 24.3 Å². The Morgan fingerprint density at radius 2 is 1.90 bits per heavy atom. The second-order valence-electron chi connectivity index (χ2n) is 4.47. The molecule has 0 fully saturated rings. The number of pyridine rings is 2. The van der Waals surface area contributed by atoms with Crippen molar-refractivity contribution in [3.63, 3.8) is 0 Å². The third-order valence-electron chi connectivity index (χ3n) is 3.14. The van der Waals surface area contributed by atoms with E-state index in [-0.39, 0.29) is 0 Å². The van der Waals surface area contributed by atoms with Crippen molar-refractivity contribution in [3.05, 3.63) is 66.1 Å². The van der Waals surface area contributed by atoms with E-state index in [0.717, 1.165) is 27.9 Å². The Labute approximate surface area is 117 Å². The van der Waals surface area contributed by atoms with Gasteiger partial charge in [-0.2, -0.15) is 0 Å². The smallest absolute Gasteiger partial charge is 0.138 e. The number of nitrogens with two attached hydrogens (primary N) is 1. The summed E-state index contributed by atoms with van der Waals surface area (Å²) in [5.74, 6) is 0.739. The zero-order valence-electron chi connectivity index (χ0n) is 11.0. The first-order valence-electron chi connectivity index (χ1n) is 6.47. The number of aromatic nitrogens is 2. The van der Waals surface area contributed by atoms with E-state index in [0.29, 0.717) is 13.2 Å². The molecule has 0 radical (unpaired) electrons. The Kier molecular flexibility index (Phi) is 3.56. The maximum atomic E-state index is 5.77. The SMILES string of the molecule is NCc1ccc(OCc2ccnc3ccccc23)cn1. The Hall–Kier alpha value is -2.46. The monoisotopic (exact) mass is 265 g/mol. The Balaban J connectivity index is 1.79. The number of para-hydroxylation sites is 1. The first-order chi connectivity index (χ1) is 9.86. The summed E-state index contributed by atoms with van der Waals surface area (Å²) in [6.45, 7) is 0.932. The van der Waals surface area contributed by atoms with Gasteiger partial charge in [0.2, 0.25) is 0 Å². The first-order valence-corrected chi connectivity index (χ1v) is 6.47. The zero-order valence-corrected chi connectivity index (χ0v) is 11.0. The fourth-order valence-electron chi connectivity index (χ4n) is 2.06. The van der Waals surface area contributed by atoms with Crippen LogP contribution in [0, 0.1) is 0 Å². The molecule has 1 aromatic carbocycles. The molecule has 3 rings (SSSR count). The van der Waals surface area contributed by atoms with E-state index in [4.69, 9.17) is 10.5 Å². The molecule has 3 aromatic rings. The van der Waals surface area contributed by atoms with Crippen molar-refractivity contribution < 1.29 is 4.74 Å². The highest BCUT2D eigenvalue weighted by molar-refractivity contribution is 5.81. The number of hydrogen-bond acceptors (Lipinski definition) is 4. The van der Waals surface area contributed by atoms with E-state index >= 15 is 0 Å². The van der Waals surface area contributed by atoms with Crippen LogP contribution in [0.5, 0.6) is 5.75 Å². The summed E-state index contributed by atoms with van der Waals surface area (Å²) in [4.78, 5) is 8.55. The van der Waals surface area contributed by atoms with Crippen molar-refractivity contribution in [1.29, 1.82) is 0 Å². The second-order valence-corrected chi connectivity index (χ2v) is 4.47. The first kappa shape index (κ1) is 12.6. The molecule has 2 aromatic heterocycles. The quantitative estimate of drug-likeness (QED) is 0.787. The summed E-state index contributed by atoms with van der Waals surface area (Å²) in [7, 11) is 0. The molecule has 0 saturated heterocycles. The van der Waals surface area contributed by atoms with Crippen LogP contribution in [0.1, 0.15) is 11.3 Å². The number of fused-ring (bicyclic) bond motifs is 1. The van der Waals surface area contributed by atoms with Gasteiger partial charge in [-0.1, -0.05) is 18.2 Å². The van der Waals surface area contributed by atoms with E-state index in [1.165, 1.54) is 0 Å². The normalized spacial score (nSPS) is 10.7. The van der Waals surface area contributed by atoms with Crippen molar-refractivity contribution in [2.45, 2.75) is 13.2 Å². The van der Waals surface area contributed by atoms with Gasteiger partial charge in [0.05, 0.1) is 17.4 Å². The molecule has 0 bridgehead atoms. The molecule has 20 heavy (non-hydrogen) atoms. The summed E-state index contributed by atoms with van der Waals surface area (Å²) in [6, 6.07) is 13.8. The third-order valence-corrected chi connectivity index (χ3v) is 3.14. The largest absolute Gasteiger partial charge is 0.487 e. The van der Waals surface area contributed by atoms with Crippen LogP contribution in [0.15, 0.2) is 54.9 Å². The lowest BCUT2D eigenvalue weighted by Crippen LogP contribution is -2.01.